The van der Waals surface area contributed by atoms with Crippen LogP contribution < -0.4 is 0 Å². The zero-order valence-electron chi connectivity index (χ0n) is 9.10. The van der Waals surface area contributed by atoms with Gasteiger partial charge in [-0.1, -0.05) is 12.8 Å². The maximum atomic E-state index is 9.18. The molecular weight excluding hydrogens is 172 g/mol. The summed E-state index contributed by atoms with van der Waals surface area (Å²) in [6, 6.07) is 0. The first-order valence-electron chi connectivity index (χ1n) is 6.40. The van der Waals surface area contributed by atoms with Crippen LogP contribution in [0.3, 0.4) is 0 Å². The van der Waals surface area contributed by atoms with Crippen LogP contribution >= 0.6 is 0 Å². The Balaban J connectivity index is 1.63. The smallest absolute Gasteiger partial charge is 0.0464 e. The zero-order chi connectivity index (χ0) is 9.65. The Hall–Kier alpha value is -0.0400. The summed E-state index contributed by atoms with van der Waals surface area (Å²) >= 11 is 0. The second-order valence-electron chi connectivity index (χ2n) is 6.15. The molecule has 3 aliphatic carbocycles. The molecule has 0 saturated heterocycles. The minimum atomic E-state index is 0.451. The highest BCUT2D eigenvalue weighted by molar-refractivity contribution is 5.06. The van der Waals surface area contributed by atoms with Gasteiger partial charge in [-0.3, -0.25) is 0 Å². The highest BCUT2D eigenvalue weighted by Gasteiger charge is 2.56. The Labute approximate surface area is 86.9 Å². The first-order chi connectivity index (χ1) is 6.79. The molecule has 1 unspecified atom stereocenters. The Kier molecular flexibility index (Phi) is 1.96. The molecule has 0 aromatic heterocycles. The van der Waals surface area contributed by atoms with E-state index in [-0.39, 0.29) is 0 Å². The van der Waals surface area contributed by atoms with E-state index in [0.717, 1.165) is 5.41 Å². The van der Waals surface area contributed by atoms with Gasteiger partial charge in [0.05, 0.1) is 0 Å². The van der Waals surface area contributed by atoms with Gasteiger partial charge >= 0.3 is 0 Å². The molecule has 1 nitrogen and oxygen atoms in total. The number of aliphatic hydroxyl groups excluding tert-OH is 1. The average molecular weight is 194 g/mol. The van der Waals surface area contributed by atoms with Crippen LogP contribution in [0.15, 0.2) is 0 Å². The minimum Gasteiger partial charge on any atom is -0.396 e. The van der Waals surface area contributed by atoms with E-state index in [1.54, 1.807) is 0 Å². The van der Waals surface area contributed by atoms with Crippen LogP contribution in [-0.4, -0.2) is 11.7 Å². The minimum absolute atomic E-state index is 0.451. The van der Waals surface area contributed by atoms with E-state index in [2.05, 4.69) is 0 Å². The lowest BCUT2D eigenvalue weighted by molar-refractivity contribution is 0.123. The normalized spacial score (nSPS) is 37.9. The largest absolute Gasteiger partial charge is 0.396 e. The van der Waals surface area contributed by atoms with Crippen molar-refractivity contribution in [3.05, 3.63) is 0 Å². The topological polar surface area (TPSA) is 20.2 Å². The van der Waals surface area contributed by atoms with E-state index in [1.165, 1.54) is 57.8 Å². The summed E-state index contributed by atoms with van der Waals surface area (Å²) in [5.74, 6) is 0.682. The molecule has 3 saturated carbocycles. The third kappa shape index (κ3) is 1.25. The van der Waals surface area contributed by atoms with Crippen molar-refractivity contribution < 1.29 is 5.11 Å². The van der Waals surface area contributed by atoms with Gasteiger partial charge in [-0.25, -0.2) is 0 Å². The summed E-state index contributed by atoms with van der Waals surface area (Å²) in [6.45, 7) is 0.451. The summed E-state index contributed by atoms with van der Waals surface area (Å²) in [4.78, 5) is 0. The number of aliphatic hydroxyl groups is 1. The fourth-order valence-corrected chi connectivity index (χ4v) is 4.21. The van der Waals surface area contributed by atoms with E-state index < -0.39 is 0 Å². The summed E-state index contributed by atoms with van der Waals surface area (Å²) in [6.07, 6.45) is 13.1. The Bertz CT molecular complexity index is 217. The third-order valence-electron chi connectivity index (χ3n) is 5.55. The van der Waals surface area contributed by atoms with Gasteiger partial charge in [0.15, 0.2) is 0 Å². The zero-order valence-corrected chi connectivity index (χ0v) is 9.10. The van der Waals surface area contributed by atoms with Crippen molar-refractivity contribution in [2.75, 3.05) is 6.61 Å². The van der Waals surface area contributed by atoms with E-state index in [0.29, 0.717) is 17.9 Å². The van der Waals surface area contributed by atoms with Gasteiger partial charge in [0.2, 0.25) is 0 Å². The van der Waals surface area contributed by atoms with Gasteiger partial charge < -0.3 is 5.11 Å². The molecule has 0 aliphatic heterocycles. The molecule has 0 bridgehead atoms. The molecule has 3 aliphatic rings. The second kappa shape index (κ2) is 2.98. The molecule has 1 atom stereocenters. The number of rotatable bonds is 1. The van der Waals surface area contributed by atoms with Crippen LogP contribution in [0.4, 0.5) is 0 Å². The standard InChI is InChI=1S/C13H22O/c14-10-11-9-13(11)7-5-12(6-8-13)3-1-2-4-12/h11,14H,1-10H2. The Morgan fingerprint density at radius 2 is 1.57 bits per heavy atom. The lowest BCUT2D eigenvalue weighted by Crippen LogP contribution is -2.26. The molecule has 2 spiro atoms. The van der Waals surface area contributed by atoms with Crippen molar-refractivity contribution >= 4 is 0 Å². The predicted octanol–water partition coefficient (Wildman–Crippen LogP) is 3.12. The Morgan fingerprint density at radius 3 is 2.07 bits per heavy atom. The first kappa shape index (κ1) is 9.21. The highest BCUT2D eigenvalue weighted by atomic mass is 16.3. The molecule has 3 fully saturated rings. The van der Waals surface area contributed by atoms with Crippen molar-refractivity contribution in [1.29, 1.82) is 0 Å². The summed E-state index contributed by atoms with van der Waals surface area (Å²) < 4.78 is 0. The van der Waals surface area contributed by atoms with E-state index in [9.17, 15) is 5.11 Å². The maximum Gasteiger partial charge on any atom is 0.0464 e. The molecule has 1 N–H and O–H groups in total. The van der Waals surface area contributed by atoms with Crippen molar-refractivity contribution in [1.82, 2.24) is 0 Å². The molecule has 0 aromatic rings. The molecular formula is C13H22O. The van der Waals surface area contributed by atoms with Gasteiger partial charge in [-0.05, 0) is 61.7 Å². The van der Waals surface area contributed by atoms with Gasteiger partial charge in [0, 0.05) is 6.61 Å². The molecule has 1 heteroatoms. The lowest BCUT2D eigenvalue weighted by atomic mass is 9.67. The molecule has 14 heavy (non-hydrogen) atoms. The second-order valence-corrected chi connectivity index (χ2v) is 6.15. The van der Waals surface area contributed by atoms with Gasteiger partial charge in [0.1, 0.15) is 0 Å². The number of hydrogen-bond acceptors (Lipinski definition) is 1. The lowest BCUT2D eigenvalue weighted by Gasteiger charge is -2.38. The van der Waals surface area contributed by atoms with Crippen LogP contribution in [0, 0.1) is 16.7 Å². The summed E-state index contributed by atoms with van der Waals surface area (Å²) in [5, 5.41) is 9.18. The van der Waals surface area contributed by atoms with Crippen molar-refractivity contribution in [2.24, 2.45) is 16.7 Å². The molecule has 0 amide bonds. The van der Waals surface area contributed by atoms with Crippen LogP contribution in [0.5, 0.6) is 0 Å². The van der Waals surface area contributed by atoms with Crippen LogP contribution in [-0.2, 0) is 0 Å². The van der Waals surface area contributed by atoms with Gasteiger partial charge in [-0.2, -0.15) is 0 Å². The summed E-state index contributed by atoms with van der Waals surface area (Å²) in [5.41, 5.74) is 1.40. The highest BCUT2D eigenvalue weighted by Crippen LogP contribution is 2.65. The SMILES string of the molecule is OCC1CC12CCC1(CCCC1)CC2. The van der Waals surface area contributed by atoms with Crippen molar-refractivity contribution in [3.63, 3.8) is 0 Å². The quantitative estimate of drug-likeness (QED) is 0.680. The van der Waals surface area contributed by atoms with Crippen LogP contribution in [0.25, 0.3) is 0 Å². The van der Waals surface area contributed by atoms with Gasteiger partial charge in [-0.15, -0.1) is 0 Å². The third-order valence-corrected chi connectivity index (χ3v) is 5.55. The van der Waals surface area contributed by atoms with Crippen molar-refractivity contribution in [3.8, 4) is 0 Å². The maximum absolute atomic E-state index is 9.18. The van der Waals surface area contributed by atoms with E-state index >= 15 is 0 Å². The van der Waals surface area contributed by atoms with E-state index in [4.69, 9.17) is 0 Å². The fourth-order valence-electron chi connectivity index (χ4n) is 4.21. The van der Waals surface area contributed by atoms with Gasteiger partial charge in [0.25, 0.3) is 0 Å². The molecule has 3 rings (SSSR count). The molecule has 80 valence electrons. The molecule has 0 heterocycles. The fraction of sp³-hybridized carbons (Fsp3) is 1.00. The predicted molar refractivity (Wildman–Crippen MR) is 57.0 cm³/mol. The molecule has 0 aromatic carbocycles. The van der Waals surface area contributed by atoms with Crippen molar-refractivity contribution in [2.45, 2.75) is 57.8 Å². The van der Waals surface area contributed by atoms with Crippen LogP contribution in [0.1, 0.15) is 57.8 Å². The Morgan fingerprint density at radius 1 is 0.929 bits per heavy atom. The average Bonchev–Trinajstić information content (AvgIpc) is 2.72. The first-order valence-corrected chi connectivity index (χ1v) is 6.40. The van der Waals surface area contributed by atoms with E-state index in [1.807, 2.05) is 0 Å². The number of hydrogen-bond donors (Lipinski definition) is 1. The molecule has 0 radical (unpaired) electrons. The summed E-state index contributed by atoms with van der Waals surface area (Å²) in [7, 11) is 0. The monoisotopic (exact) mass is 194 g/mol. The van der Waals surface area contributed by atoms with Crippen LogP contribution in [0.2, 0.25) is 0 Å².